The lowest BCUT2D eigenvalue weighted by Gasteiger charge is -2.09. The average molecular weight is 376 g/mol. The Hall–Kier alpha value is -3.33. The topological polar surface area (TPSA) is 122 Å². The Labute approximate surface area is 150 Å². The lowest BCUT2D eigenvalue weighted by atomic mass is 10.3. The fourth-order valence-corrected chi connectivity index (χ4v) is 2.98. The van der Waals surface area contributed by atoms with Gasteiger partial charge in [0.05, 0.1) is 12.0 Å². The normalized spacial score (nSPS) is 11.1. The quantitative estimate of drug-likeness (QED) is 0.636. The number of rotatable bonds is 7. The summed E-state index contributed by atoms with van der Waals surface area (Å²) in [7, 11) is -2.28. The second-order valence-corrected chi connectivity index (χ2v) is 6.70. The maximum absolute atomic E-state index is 12.4. The molecule has 0 fully saturated rings. The summed E-state index contributed by atoms with van der Waals surface area (Å²) in [6.07, 6.45) is 1.56. The average Bonchev–Trinajstić information content (AvgIpc) is 2.61. The van der Waals surface area contributed by atoms with Gasteiger partial charge >= 0.3 is 5.97 Å². The van der Waals surface area contributed by atoms with Crippen LogP contribution in [-0.4, -0.2) is 32.5 Å². The first-order valence-corrected chi connectivity index (χ1v) is 8.77. The van der Waals surface area contributed by atoms with Gasteiger partial charge in [-0.25, -0.2) is 13.2 Å². The maximum atomic E-state index is 12.4. The van der Waals surface area contributed by atoms with E-state index in [1.54, 1.807) is 24.3 Å². The highest BCUT2D eigenvalue weighted by Crippen LogP contribution is 2.20. The van der Waals surface area contributed by atoms with Crippen molar-refractivity contribution in [2.45, 2.75) is 4.90 Å². The molecule has 0 saturated carbocycles. The molecule has 0 saturated heterocycles. The minimum Gasteiger partial charge on any atom is -0.497 e. The van der Waals surface area contributed by atoms with Crippen LogP contribution in [0.4, 0.5) is 11.4 Å². The van der Waals surface area contributed by atoms with Gasteiger partial charge in [-0.3, -0.25) is 9.52 Å². The third kappa shape index (κ3) is 5.35. The lowest BCUT2D eigenvalue weighted by Crippen LogP contribution is -2.13. The van der Waals surface area contributed by atoms with Crippen molar-refractivity contribution >= 4 is 33.3 Å². The molecule has 0 aromatic heterocycles. The van der Waals surface area contributed by atoms with Crippen molar-refractivity contribution in [1.82, 2.24) is 0 Å². The van der Waals surface area contributed by atoms with E-state index < -0.39 is 21.9 Å². The first kappa shape index (κ1) is 19.0. The molecule has 0 unspecified atom stereocenters. The molecule has 2 aromatic carbocycles. The van der Waals surface area contributed by atoms with E-state index in [9.17, 15) is 18.0 Å². The molecule has 136 valence electrons. The molecule has 26 heavy (non-hydrogen) atoms. The van der Waals surface area contributed by atoms with Crippen molar-refractivity contribution in [2.75, 3.05) is 17.1 Å². The number of aliphatic carboxylic acids is 1. The molecule has 0 aliphatic carbocycles. The van der Waals surface area contributed by atoms with Crippen LogP contribution in [-0.2, 0) is 19.6 Å². The second-order valence-electron chi connectivity index (χ2n) is 5.02. The number of benzene rings is 2. The second kappa shape index (κ2) is 8.17. The number of carbonyl (C=O) groups is 2. The van der Waals surface area contributed by atoms with Crippen LogP contribution in [0.5, 0.6) is 5.75 Å². The highest BCUT2D eigenvalue weighted by molar-refractivity contribution is 7.92. The third-order valence-electron chi connectivity index (χ3n) is 3.15. The van der Waals surface area contributed by atoms with Crippen LogP contribution < -0.4 is 14.8 Å². The minimum absolute atomic E-state index is 0.00685. The van der Waals surface area contributed by atoms with E-state index in [4.69, 9.17) is 9.84 Å². The zero-order valence-electron chi connectivity index (χ0n) is 13.7. The summed E-state index contributed by atoms with van der Waals surface area (Å²) in [6.45, 7) is 0. The molecule has 0 atom stereocenters. The highest BCUT2D eigenvalue weighted by Gasteiger charge is 2.14. The Morgan fingerprint density at radius 2 is 1.54 bits per heavy atom. The molecule has 0 radical (unpaired) electrons. The molecular formula is C17H16N2O6S. The number of carbonyl (C=O) groups excluding carboxylic acids is 1. The number of anilines is 2. The molecule has 2 aromatic rings. The SMILES string of the molecule is COc1ccc(NS(=O)(=O)c2ccc(NC(=O)C=CC(=O)O)cc2)cc1. The summed E-state index contributed by atoms with van der Waals surface area (Å²) in [6, 6.07) is 11.8. The molecule has 0 bridgehead atoms. The molecule has 0 aliphatic rings. The van der Waals surface area contributed by atoms with E-state index in [0.717, 1.165) is 6.08 Å². The first-order valence-electron chi connectivity index (χ1n) is 7.29. The van der Waals surface area contributed by atoms with Crippen LogP contribution >= 0.6 is 0 Å². The number of nitrogens with one attached hydrogen (secondary N) is 2. The number of ether oxygens (including phenoxy) is 1. The summed E-state index contributed by atoms with van der Waals surface area (Å²) in [5, 5.41) is 10.9. The van der Waals surface area contributed by atoms with Crippen molar-refractivity contribution < 1.29 is 27.9 Å². The van der Waals surface area contributed by atoms with Gasteiger partial charge < -0.3 is 15.2 Å². The molecule has 3 N–H and O–H groups in total. The predicted octanol–water partition coefficient (Wildman–Crippen LogP) is 2.08. The summed E-state index contributed by atoms with van der Waals surface area (Å²) in [5.74, 6) is -1.28. The minimum atomic E-state index is -3.79. The number of methoxy groups -OCH3 is 1. The molecular weight excluding hydrogens is 360 g/mol. The Kier molecular flexibility index (Phi) is 5.97. The number of hydrogen-bond acceptors (Lipinski definition) is 5. The van der Waals surface area contributed by atoms with Crippen LogP contribution in [0.3, 0.4) is 0 Å². The van der Waals surface area contributed by atoms with E-state index in [1.165, 1.54) is 31.4 Å². The van der Waals surface area contributed by atoms with E-state index in [-0.39, 0.29) is 4.90 Å². The van der Waals surface area contributed by atoms with Crippen molar-refractivity contribution in [3.05, 3.63) is 60.7 Å². The summed E-state index contributed by atoms with van der Waals surface area (Å²) in [4.78, 5) is 21.8. The fraction of sp³-hybridized carbons (Fsp3) is 0.0588. The van der Waals surface area contributed by atoms with Gasteiger partial charge in [0.2, 0.25) is 5.91 Å². The summed E-state index contributed by atoms with van der Waals surface area (Å²) < 4.78 is 32.2. The van der Waals surface area contributed by atoms with Crippen molar-refractivity contribution in [3.63, 3.8) is 0 Å². The molecule has 9 heteroatoms. The third-order valence-corrected chi connectivity index (χ3v) is 4.55. The van der Waals surface area contributed by atoms with Gasteiger partial charge in [0, 0.05) is 23.5 Å². The van der Waals surface area contributed by atoms with Crippen LogP contribution in [0.25, 0.3) is 0 Å². The van der Waals surface area contributed by atoms with E-state index >= 15 is 0 Å². The molecule has 0 aliphatic heterocycles. The monoisotopic (exact) mass is 376 g/mol. The molecule has 0 spiro atoms. The zero-order chi connectivity index (χ0) is 19.2. The van der Waals surface area contributed by atoms with E-state index in [1.807, 2.05) is 0 Å². The maximum Gasteiger partial charge on any atom is 0.328 e. The summed E-state index contributed by atoms with van der Waals surface area (Å²) >= 11 is 0. The van der Waals surface area contributed by atoms with Crippen molar-refractivity contribution in [1.29, 1.82) is 0 Å². The van der Waals surface area contributed by atoms with Crippen LogP contribution in [0.1, 0.15) is 0 Å². The van der Waals surface area contributed by atoms with Crippen LogP contribution in [0.2, 0.25) is 0 Å². The van der Waals surface area contributed by atoms with Crippen LogP contribution in [0, 0.1) is 0 Å². The van der Waals surface area contributed by atoms with Crippen molar-refractivity contribution in [2.24, 2.45) is 0 Å². The van der Waals surface area contributed by atoms with Gasteiger partial charge in [-0.05, 0) is 48.5 Å². The number of carboxylic acid groups (broad SMARTS) is 1. The lowest BCUT2D eigenvalue weighted by molar-refractivity contribution is -0.131. The zero-order valence-corrected chi connectivity index (χ0v) is 14.5. The van der Waals surface area contributed by atoms with Crippen molar-refractivity contribution in [3.8, 4) is 5.75 Å². The predicted molar refractivity (Wildman–Crippen MR) is 95.7 cm³/mol. The van der Waals surface area contributed by atoms with Gasteiger partial charge in [-0.15, -0.1) is 0 Å². The number of hydrogen-bond donors (Lipinski definition) is 3. The number of sulfonamides is 1. The summed E-state index contributed by atoms with van der Waals surface area (Å²) in [5.41, 5.74) is 0.704. The van der Waals surface area contributed by atoms with Gasteiger partial charge in [-0.1, -0.05) is 0 Å². The van der Waals surface area contributed by atoms with E-state index in [2.05, 4.69) is 10.0 Å². The molecule has 2 rings (SSSR count). The highest BCUT2D eigenvalue weighted by atomic mass is 32.2. The Morgan fingerprint density at radius 3 is 2.08 bits per heavy atom. The Balaban J connectivity index is 2.08. The Morgan fingerprint density at radius 1 is 0.962 bits per heavy atom. The molecule has 8 nitrogen and oxygen atoms in total. The molecule has 1 amide bonds. The largest absolute Gasteiger partial charge is 0.497 e. The first-order chi connectivity index (χ1) is 12.3. The fourth-order valence-electron chi connectivity index (χ4n) is 1.92. The molecule has 0 heterocycles. The number of amides is 1. The van der Waals surface area contributed by atoms with Gasteiger partial charge in [0.25, 0.3) is 10.0 Å². The van der Waals surface area contributed by atoms with Gasteiger partial charge in [-0.2, -0.15) is 0 Å². The van der Waals surface area contributed by atoms with E-state index in [0.29, 0.717) is 23.2 Å². The van der Waals surface area contributed by atoms with Gasteiger partial charge in [0.1, 0.15) is 5.75 Å². The Bertz CT molecular complexity index is 919. The number of carboxylic acids is 1. The van der Waals surface area contributed by atoms with Gasteiger partial charge in [0.15, 0.2) is 0 Å². The van der Waals surface area contributed by atoms with Crippen LogP contribution in [0.15, 0.2) is 65.6 Å². The smallest absolute Gasteiger partial charge is 0.328 e. The standard InChI is InChI=1S/C17H16N2O6S/c1-25-14-6-2-13(3-7-14)19-26(23,24)15-8-4-12(5-9-15)18-16(20)10-11-17(21)22/h2-11,19H,1H3,(H,18,20)(H,21,22).